The van der Waals surface area contributed by atoms with Crippen LogP contribution in [0, 0.1) is 17.8 Å². The number of hydrogen-bond acceptors (Lipinski definition) is 8. The van der Waals surface area contributed by atoms with Gasteiger partial charge in [-0.15, -0.1) is 11.3 Å². The highest BCUT2D eigenvalue weighted by atomic mass is 32.1. The van der Waals surface area contributed by atoms with Crippen LogP contribution >= 0.6 is 11.3 Å². The molecular weight excluding hydrogens is 580 g/mol. The zero-order valence-corrected chi connectivity index (χ0v) is 28.1. The number of aromatic nitrogens is 1. The summed E-state index contributed by atoms with van der Waals surface area (Å²) < 4.78 is 0. The van der Waals surface area contributed by atoms with E-state index in [0.29, 0.717) is 37.4 Å². The Morgan fingerprint density at radius 2 is 1.70 bits per heavy atom. The molecule has 3 amide bonds. The predicted molar refractivity (Wildman–Crippen MR) is 172 cm³/mol. The number of carbonyl (C=O) groups excluding carboxylic acids is 3. The maximum Gasteiger partial charge on any atom is 0.241 e. The van der Waals surface area contributed by atoms with Crippen LogP contribution in [0.4, 0.5) is 0 Å². The summed E-state index contributed by atoms with van der Waals surface area (Å²) >= 11 is 1.41. The summed E-state index contributed by atoms with van der Waals surface area (Å²) in [7, 11) is 3.34. The molecule has 0 bridgehead atoms. The zero-order valence-electron chi connectivity index (χ0n) is 27.2. The Balaban J connectivity index is 1.82. The second kappa shape index (κ2) is 17.6. The van der Waals surface area contributed by atoms with Crippen LogP contribution in [-0.2, 0) is 20.8 Å². The number of likely N-dealkylation sites (N-methyl/N-ethyl adjacent to an activating group) is 1. The Bertz CT molecular complexity index is 1020. The van der Waals surface area contributed by atoms with Crippen molar-refractivity contribution in [3.63, 3.8) is 0 Å². The Kier molecular flexibility index (Phi) is 14.5. The van der Waals surface area contributed by atoms with E-state index in [1.165, 1.54) is 22.7 Å². The van der Waals surface area contributed by atoms with Crippen LogP contribution in [0.25, 0.3) is 0 Å². The molecule has 1 aromatic rings. The standard InChI is InChI=1S/C33H56N4O6S/c1-23(2)15-28(38)31(41)27(18-33(43)13-9-6-10-14-33)35-32(42)25(16-26-21-44-22-34-26)17-29(39)37(20-30(40)36(3)4)19-24-11-7-5-8-12-24/h21-25,27-28,31,38,41,43H,5-20H2,1-4H3,(H,35,42)/t25-,27-,28-,31+/m0/s1. The van der Waals surface area contributed by atoms with Crippen LogP contribution in [0.3, 0.4) is 0 Å². The number of aliphatic hydroxyl groups is 3. The van der Waals surface area contributed by atoms with Crippen molar-refractivity contribution in [3.05, 3.63) is 16.6 Å². The van der Waals surface area contributed by atoms with E-state index < -0.39 is 35.7 Å². The van der Waals surface area contributed by atoms with Gasteiger partial charge < -0.3 is 30.4 Å². The third-order valence-corrected chi connectivity index (χ3v) is 9.98. The van der Waals surface area contributed by atoms with Crippen LogP contribution in [0.15, 0.2) is 10.9 Å². The van der Waals surface area contributed by atoms with Gasteiger partial charge in [-0.3, -0.25) is 14.4 Å². The lowest BCUT2D eigenvalue weighted by Gasteiger charge is -2.38. The molecule has 2 aliphatic carbocycles. The number of aliphatic hydroxyl groups excluding tert-OH is 2. The van der Waals surface area contributed by atoms with Crippen LogP contribution in [0.1, 0.15) is 103 Å². The van der Waals surface area contributed by atoms with E-state index in [0.717, 1.165) is 44.9 Å². The van der Waals surface area contributed by atoms with E-state index in [-0.39, 0.29) is 43.5 Å². The number of nitrogens with zero attached hydrogens (tertiary/aromatic N) is 3. The minimum absolute atomic E-state index is 0.0386. The quantitative estimate of drug-likeness (QED) is 0.217. The Morgan fingerprint density at radius 1 is 1.05 bits per heavy atom. The van der Waals surface area contributed by atoms with Crippen LogP contribution in [0.5, 0.6) is 0 Å². The number of hydrogen-bond donors (Lipinski definition) is 4. The van der Waals surface area contributed by atoms with Gasteiger partial charge in [0.1, 0.15) is 6.10 Å². The molecule has 3 rings (SSSR count). The molecular formula is C33H56N4O6S. The van der Waals surface area contributed by atoms with Gasteiger partial charge in [-0.2, -0.15) is 0 Å². The van der Waals surface area contributed by atoms with Crippen LogP contribution in [0.2, 0.25) is 0 Å². The first kappa shape index (κ1) is 36.4. The van der Waals surface area contributed by atoms with Crippen molar-refractivity contribution in [2.75, 3.05) is 27.2 Å². The third-order valence-electron chi connectivity index (χ3n) is 9.34. The highest BCUT2D eigenvalue weighted by molar-refractivity contribution is 7.07. The highest BCUT2D eigenvalue weighted by Gasteiger charge is 2.39. The topological polar surface area (TPSA) is 143 Å². The van der Waals surface area contributed by atoms with Crippen LogP contribution in [-0.4, -0.2) is 98.9 Å². The Labute approximate surface area is 267 Å². The molecule has 0 aromatic carbocycles. The first-order valence-electron chi connectivity index (χ1n) is 16.6. The molecule has 1 aromatic heterocycles. The fraction of sp³-hybridized carbons (Fsp3) is 0.818. The third kappa shape index (κ3) is 11.7. The highest BCUT2D eigenvalue weighted by Crippen LogP contribution is 2.33. The first-order chi connectivity index (χ1) is 20.9. The second-order valence-electron chi connectivity index (χ2n) is 13.9. The molecule has 2 aliphatic rings. The van der Waals surface area contributed by atoms with E-state index in [1.54, 1.807) is 24.5 Å². The Hall–Kier alpha value is -2.08. The van der Waals surface area contributed by atoms with Gasteiger partial charge in [-0.25, -0.2) is 4.98 Å². The van der Waals surface area contributed by atoms with Crippen molar-refractivity contribution in [2.24, 2.45) is 17.8 Å². The van der Waals surface area contributed by atoms with E-state index in [1.807, 2.05) is 19.2 Å². The fourth-order valence-electron chi connectivity index (χ4n) is 6.70. The Morgan fingerprint density at radius 3 is 2.30 bits per heavy atom. The largest absolute Gasteiger partial charge is 0.390 e. The molecule has 0 unspecified atom stereocenters. The summed E-state index contributed by atoms with van der Waals surface area (Å²) in [6.45, 7) is 4.35. The second-order valence-corrected chi connectivity index (χ2v) is 14.7. The molecule has 1 heterocycles. The lowest BCUT2D eigenvalue weighted by Crippen LogP contribution is -2.54. The van der Waals surface area contributed by atoms with Gasteiger partial charge in [0.05, 0.1) is 41.4 Å². The fourth-order valence-corrected chi connectivity index (χ4v) is 7.27. The molecule has 0 aliphatic heterocycles. The lowest BCUT2D eigenvalue weighted by atomic mass is 9.78. The molecule has 2 fully saturated rings. The SMILES string of the molecule is CC(C)C[C@H](O)[C@H](O)[C@H](CC1(O)CCCCC1)NC(=O)[C@H](CC(=O)N(CC(=O)N(C)C)CC1CCCCC1)Cc1cscn1. The van der Waals surface area contributed by atoms with Gasteiger partial charge in [-0.05, 0) is 50.4 Å². The van der Waals surface area contributed by atoms with Crippen molar-refractivity contribution >= 4 is 29.1 Å². The summed E-state index contributed by atoms with van der Waals surface area (Å²) in [6.07, 6.45) is 7.59. The maximum atomic E-state index is 14.0. The van der Waals surface area contributed by atoms with E-state index in [4.69, 9.17) is 0 Å². The maximum absolute atomic E-state index is 14.0. The summed E-state index contributed by atoms with van der Waals surface area (Å²) in [5, 5.41) is 38.3. The van der Waals surface area contributed by atoms with Gasteiger partial charge in [0.2, 0.25) is 17.7 Å². The number of carbonyl (C=O) groups is 3. The van der Waals surface area contributed by atoms with Gasteiger partial charge >= 0.3 is 0 Å². The van der Waals surface area contributed by atoms with E-state index >= 15 is 0 Å². The molecule has 4 N–H and O–H groups in total. The average Bonchev–Trinajstić information content (AvgIpc) is 3.49. The summed E-state index contributed by atoms with van der Waals surface area (Å²) in [4.78, 5) is 48.0. The smallest absolute Gasteiger partial charge is 0.241 e. The molecule has 11 heteroatoms. The molecule has 0 saturated heterocycles. The van der Waals surface area contributed by atoms with Crippen molar-refractivity contribution in [2.45, 2.75) is 128 Å². The average molecular weight is 637 g/mol. The summed E-state index contributed by atoms with van der Waals surface area (Å²) in [5.74, 6) is -1.20. The number of thiazole rings is 1. The molecule has 44 heavy (non-hydrogen) atoms. The molecule has 10 nitrogen and oxygen atoms in total. The van der Waals surface area contributed by atoms with Crippen LogP contribution < -0.4 is 5.32 Å². The van der Waals surface area contributed by atoms with Gasteiger partial charge in [0.25, 0.3) is 0 Å². The summed E-state index contributed by atoms with van der Waals surface area (Å²) in [5.41, 5.74) is 1.33. The normalized spacial score (nSPS) is 20.0. The minimum atomic E-state index is -1.27. The predicted octanol–water partition coefficient (Wildman–Crippen LogP) is 3.53. The van der Waals surface area contributed by atoms with Crippen molar-refractivity contribution < 1.29 is 29.7 Å². The number of amides is 3. The number of rotatable bonds is 16. The van der Waals surface area contributed by atoms with Gasteiger partial charge in [-0.1, -0.05) is 52.4 Å². The number of nitrogens with one attached hydrogen (secondary N) is 1. The van der Waals surface area contributed by atoms with Crippen molar-refractivity contribution in [1.29, 1.82) is 0 Å². The summed E-state index contributed by atoms with van der Waals surface area (Å²) in [6, 6.07) is -0.888. The molecule has 250 valence electrons. The lowest BCUT2D eigenvalue weighted by molar-refractivity contribution is -0.142. The molecule has 2 saturated carbocycles. The molecule has 0 spiro atoms. The van der Waals surface area contributed by atoms with Crippen molar-refractivity contribution in [3.8, 4) is 0 Å². The monoisotopic (exact) mass is 636 g/mol. The van der Waals surface area contributed by atoms with Gasteiger partial charge in [0.15, 0.2) is 0 Å². The molecule has 0 radical (unpaired) electrons. The zero-order chi connectivity index (χ0) is 32.3. The van der Waals surface area contributed by atoms with Gasteiger partial charge in [0, 0.05) is 38.9 Å². The minimum Gasteiger partial charge on any atom is -0.390 e. The van der Waals surface area contributed by atoms with E-state index in [9.17, 15) is 29.7 Å². The van der Waals surface area contributed by atoms with E-state index in [2.05, 4.69) is 10.3 Å². The van der Waals surface area contributed by atoms with Crippen molar-refractivity contribution in [1.82, 2.24) is 20.1 Å². The first-order valence-corrected chi connectivity index (χ1v) is 17.5. The molecule has 4 atom stereocenters.